The number of carbonyl (C=O) groups is 3. The van der Waals surface area contributed by atoms with Crippen LogP contribution in [-0.2, 0) is 11.3 Å². The van der Waals surface area contributed by atoms with Crippen molar-refractivity contribution < 1.29 is 19.1 Å². The molecule has 0 radical (unpaired) electrons. The fourth-order valence-electron chi connectivity index (χ4n) is 3.23. The van der Waals surface area contributed by atoms with E-state index in [2.05, 4.69) is 15.9 Å². The molecule has 160 valence electrons. The van der Waals surface area contributed by atoms with Gasteiger partial charge in [-0.05, 0) is 60.7 Å². The average molecular weight is 508 g/mol. The van der Waals surface area contributed by atoms with Crippen molar-refractivity contribution >= 4 is 50.9 Å². The third kappa shape index (κ3) is 5.00. The number of amides is 2. The van der Waals surface area contributed by atoms with Crippen LogP contribution >= 0.6 is 27.7 Å². The number of ether oxygens (including phenoxy) is 1. The Kier molecular flexibility index (Phi) is 6.58. The standard InChI is InChI=1S/C25H18BrNO4S/c1-16-6-5-7-17(12-16)15-27-23(28)22(32-25(27)30)14-19-13-20(26)10-11-21(19)31-24(29)18-8-3-2-4-9-18/h2-14H,15H2,1H3/b22-14-. The molecule has 0 spiro atoms. The van der Waals surface area contributed by atoms with E-state index in [4.69, 9.17) is 4.74 Å². The largest absolute Gasteiger partial charge is 0.422 e. The first-order valence-corrected chi connectivity index (χ1v) is 11.4. The van der Waals surface area contributed by atoms with Gasteiger partial charge in [-0.3, -0.25) is 14.5 Å². The highest BCUT2D eigenvalue weighted by Crippen LogP contribution is 2.36. The molecule has 3 aromatic carbocycles. The first-order valence-electron chi connectivity index (χ1n) is 9.78. The van der Waals surface area contributed by atoms with E-state index >= 15 is 0 Å². The van der Waals surface area contributed by atoms with Crippen molar-refractivity contribution in [3.05, 3.63) is 104 Å². The van der Waals surface area contributed by atoms with Crippen molar-refractivity contribution in [1.29, 1.82) is 0 Å². The summed E-state index contributed by atoms with van der Waals surface area (Å²) in [5.41, 5.74) is 2.88. The van der Waals surface area contributed by atoms with Crippen LogP contribution in [0.1, 0.15) is 27.0 Å². The van der Waals surface area contributed by atoms with Crippen LogP contribution in [0.4, 0.5) is 4.79 Å². The highest BCUT2D eigenvalue weighted by Gasteiger charge is 2.35. The Morgan fingerprint density at radius 3 is 2.56 bits per heavy atom. The summed E-state index contributed by atoms with van der Waals surface area (Å²) >= 11 is 4.28. The van der Waals surface area contributed by atoms with E-state index in [9.17, 15) is 14.4 Å². The van der Waals surface area contributed by atoms with E-state index in [1.165, 1.54) is 4.90 Å². The van der Waals surface area contributed by atoms with Crippen LogP contribution in [0.5, 0.6) is 5.75 Å². The number of esters is 1. The van der Waals surface area contributed by atoms with Crippen LogP contribution in [0, 0.1) is 6.92 Å². The van der Waals surface area contributed by atoms with E-state index in [0.29, 0.717) is 16.9 Å². The minimum atomic E-state index is -0.505. The summed E-state index contributed by atoms with van der Waals surface area (Å²) in [6.45, 7) is 2.17. The first kappa shape index (κ1) is 22.0. The molecule has 0 unspecified atom stereocenters. The second kappa shape index (κ2) is 9.54. The lowest BCUT2D eigenvalue weighted by Crippen LogP contribution is -2.27. The number of thioether (sulfide) groups is 1. The van der Waals surface area contributed by atoms with E-state index in [1.54, 1.807) is 48.5 Å². The molecule has 1 aliphatic heterocycles. The molecule has 0 bridgehead atoms. The fraction of sp³-hybridized carbons (Fsp3) is 0.0800. The van der Waals surface area contributed by atoms with Crippen LogP contribution < -0.4 is 4.74 Å². The van der Waals surface area contributed by atoms with Gasteiger partial charge in [0.25, 0.3) is 11.1 Å². The third-order valence-corrected chi connectivity index (χ3v) is 6.17. The van der Waals surface area contributed by atoms with Crippen molar-refractivity contribution in [3.63, 3.8) is 0 Å². The molecule has 0 aliphatic carbocycles. The van der Waals surface area contributed by atoms with Crippen LogP contribution in [0.3, 0.4) is 0 Å². The molecule has 7 heteroatoms. The third-order valence-electron chi connectivity index (χ3n) is 4.77. The number of benzene rings is 3. The van der Waals surface area contributed by atoms with Gasteiger partial charge in [0.2, 0.25) is 0 Å². The van der Waals surface area contributed by atoms with Gasteiger partial charge < -0.3 is 4.74 Å². The van der Waals surface area contributed by atoms with Gasteiger partial charge in [0, 0.05) is 10.0 Å². The molecule has 1 aliphatic rings. The monoisotopic (exact) mass is 507 g/mol. The van der Waals surface area contributed by atoms with Gasteiger partial charge in [-0.2, -0.15) is 0 Å². The summed E-state index contributed by atoms with van der Waals surface area (Å²) < 4.78 is 6.32. The highest BCUT2D eigenvalue weighted by molar-refractivity contribution is 9.10. The number of halogens is 1. The Hall–Kier alpha value is -3.16. The van der Waals surface area contributed by atoms with Crippen LogP contribution in [0.15, 0.2) is 82.2 Å². The number of nitrogens with zero attached hydrogens (tertiary/aromatic N) is 1. The molecule has 1 saturated heterocycles. The lowest BCUT2D eigenvalue weighted by atomic mass is 10.1. The van der Waals surface area contributed by atoms with Crippen molar-refractivity contribution in [3.8, 4) is 5.75 Å². The van der Waals surface area contributed by atoms with E-state index in [1.807, 2.05) is 37.3 Å². The summed E-state index contributed by atoms with van der Waals surface area (Å²) in [6.07, 6.45) is 1.58. The topological polar surface area (TPSA) is 63.7 Å². The number of carbonyl (C=O) groups excluding carboxylic acids is 3. The van der Waals surface area contributed by atoms with Gasteiger partial charge in [0.15, 0.2) is 0 Å². The van der Waals surface area contributed by atoms with Crippen molar-refractivity contribution in [2.45, 2.75) is 13.5 Å². The van der Waals surface area contributed by atoms with E-state index in [0.717, 1.165) is 27.4 Å². The Morgan fingerprint density at radius 2 is 1.81 bits per heavy atom. The minimum Gasteiger partial charge on any atom is -0.422 e. The quantitative estimate of drug-likeness (QED) is 0.233. The molecule has 0 saturated carbocycles. The average Bonchev–Trinajstić information content (AvgIpc) is 3.03. The Morgan fingerprint density at radius 1 is 1.03 bits per heavy atom. The molecule has 2 amide bonds. The molecular formula is C25H18BrNO4S. The van der Waals surface area contributed by atoms with Crippen molar-refractivity contribution in [2.24, 2.45) is 0 Å². The zero-order valence-corrected chi connectivity index (χ0v) is 19.5. The SMILES string of the molecule is Cc1cccc(CN2C(=O)S/C(=C\c3cc(Br)ccc3OC(=O)c3ccccc3)C2=O)c1. The molecule has 1 heterocycles. The summed E-state index contributed by atoms with van der Waals surface area (Å²) in [4.78, 5) is 39.5. The minimum absolute atomic E-state index is 0.206. The number of hydrogen-bond donors (Lipinski definition) is 0. The number of aryl methyl sites for hydroxylation is 1. The van der Waals surface area contributed by atoms with Crippen LogP contribution in [-0.4, -0.2) is 22.0 Å². The van der Waals surface area contributed by atoms with Crippen molar-refractivity contribution in [1.82, 2.24) is 4.90 Å². The molecule has 1 fully saturated rings. The first-order chi connectivity index (χ1) is 15.4. The van der Waals surface area contributed by atoms with Crippen LogP contribution in [0.2, 0.25) is 0 Å². The smallest absolute Gasteiger partial charge is 0.343 e. The lowest BCUT2D eigenvalue weighted by molar-refractivity contribution is -0.123. The zero-order chi connectivity index (χ0) is 22.7. The molecule has 3 aromatic rings. The summed E-state index contributed by atoms with van der Waals surface area (Å²) in [7, 11) is 0. The highest BCUT2D eigenvalue weighted by atomic mass is 79.9. The molecule has 5 nitrogen and oxygen atoms in total. The molecular weight excluding hydrogens is 490 g/mol. The predicted molar refractivity (Wildman–Crippen MR) is 128 cm³/mol. The second-order valence-electron chi connectivity index (χ2n) is 7.19. The Bertz CT molecular complexity index is 1240. The van der Waals surface area contributed by atoms with Gasteiger partial charge in [0.05, 0.1) is 17.0 Å². The number of rotatable bonds is 5. The van der Waals surface area contributed by atoms with Gasteiger partial charge in [0.1, 0.15) is 5.75 Å². The van der Waals surface area contributed by atoms with Crippen molar-refractivity contribution in [2.75, 3.05) is 0 Å². The number of hydrogen-bond acceptors (Lipinski definition) is 5. The maximum Gasteiger partial charge on any atom is 0.343 e. The maximum atomic E-state index is 12.9. The predicted octanol–water partition coefficient (Wildman–Crippen LogP) is 6.21. The van der Waals surface area contributed by atoms with Gasteiger partial charge >= 0.3 is 5.97 Å². The van der Waals surface area contributed by atoms with E-state index in [-0.39, 0.29) is 22.6 Å². The molecule has 4 rings (SSSR count). The maximum absolute atomic E-state index is 12.9. The number of imide groups is 1. The molecule has 32 heavy (non-hydrogen) atoms. The van der Waals surface area contributed by atoms with Gasteiger partial charge in [-0.25, -0.2) is 4.79 Å². The van der Waals surface area contributed by atoms with E-state index < -0.39 is 5.97 Å². The summed E-state index contributed by atoms with van der Waals surface area (Å²) in [5.74, 6) is -0.579. The normalized spacial score (nSPS) is 14.8. The molecule has 0 aromatic heterocycles. The lowest BCUT2D eigenvalue weighted by Gasteiger charge is -2.13. The second-order valence-corrected chi connectivity index (χ2v) is 9.10. The summed E-state index contributed by atoms with van der Waals surface area (Å²) in [6, 6.07) is 21.5. The van der Waals surface area contributed by atoms with Gasteiger partial charge in [-0.15, -0.1) is 0 Å². The van der Waals surface area contributed by atoms with Gasteiger partial charge in [-0.1, -0.05) is 64.0 Å². The Balaban J connectivity index is 1.59. The van der Waals surface area contributed by atoms with Crippen LogP contribution in [0.25, 0.3) is 6.08 Å². The Labute approximate surface area is 198 Å². The zero-order valence-electron chi connectivity index (χ0n) is 17.1. The fourth-order valence-corrected chi connectivity index (χ4v) is 4.44. The molecule has 0 atom stereocenters. The summed E-state index contributed by atoms with van der Waals surface area (Å²) in [5, 5.41) is -0.333. The molecule has 0 N–H and O–H groups in total.